The summed E-state index contributed by atoms with van der Waals surface area (Å²) >= 11 is 18.7. The van der Waals surface area contributed by atoms with Gasteiger partial charge < -0.3 is 10.3 Å². The van der Waals surface area contributed by atoms with Gasteiger partial charge in [-0.05, 0) is 56.0 Å². The Morgan fingerprint density at radius 1 is 1.15 bits per heavy atom. The highest BCUT2D eigenvalue weighted by Crippen LogP contribution is 2.36. The number of benzene rings is 2. The maximum Gasteiger partial charge on any atom is 0.253 e. The van der Waals surface area contributed by atoms with Gasteiger partial charge in [0.05, 0.1) is 15.6 Å². The second kappa shape index (κ2) is 6.80. The molecule has 1 atom stereocenters. The fourth-order valence-corrected chi connectivity index (χ4v) is 4.48. The zero-order valence-electron chi connectivity index (χ0n) is 14.1. The van der Waals surface area contributed by atoms with Crippen LogP contribution in [0.4, 0.5) is 0 Å². The number of aryl methyl sites for hydroxylation is 2. The number of halogens is 3. The SMILES string of the molecule is Cc1ccc(Cl)c(C(=O)NC2CCc3[nH]c4cc(Cl)cc(Cl)c4c3C2)c1. The third-order valence-corrected chi connectivity index (χ3v) is 5.75. The minimum atomic E-state index is -0.138. The summed E-state index contributed by atoms with van der Waals surface area (Å²) in [6, 6.07) is 9.16. The average Bonchev–Trinajstić information content (AvgIpc) is 2.94. The summed E-state index contributed by atoms with van der Waals surface area (Å²) < 4.78 is 0. The molecular weight excluding hydrogens is 391 g/mol. The standard InChI is InChI=1S/C20H17Cl3N2O/c1-10-2-4-15(22)13(6-10)20(26)24-12-3-5-17-14(9-12)19-16(23)7-11(21)8-18(19)25-17/h2,4,6-8,12,25H,3,5,9H2,1H3,(H,24,26). The predicted molar refractivity (Wildman–Crippen MR) is 108 cm³/mol. The molecule has 6 heteroatoms. The van der Waals surface area contributed by atoms with E-state index in [4.69, 9.17) is 34.8 Å². The number of hydrogen-bond acceptors (Lipinski definition) is 1. The van der Waals surface area contributed by atoms with Gasteiger partial charge in [-0.2, -0.15) is 0 Å². The number of aromatic nitrogens is 1. The lowest BCUT2D eigenvalue weighted by molar-refractivity contribution is 0.0933. The Morgan fingerprint density at radius 2 is 1.96 bits per heavy atom. The van der Waals surface area contributed by atoms with E-state index < -0.39 is 0 Å². The predicted octanol–water partition coefficient (Wildman–Crippen LogP) is 5.72. The molecule has 1 heterocycles. The fourth-order valence-electron chi connectivity index (χ4n) is 3.67. The monoisotopic (exact) mass is 406 g/mol. The Hall–Kier alpha value is -1.68. The van der Waals surface area contributed by atoms with Crippen LogP contribution in [0.15, 0.2) is 30.3 Å². The quantitative estimate of drug-likeness (QED) is 0.560. The molecule has 26 heavy (non-hydrogen) atoms. The van der Waals surface area contributed by atoms with Crippen LogP contribution in [0.5, 0.6) is 0 Å². The summed E-state index contributed by atoms with van der Waals surface area (Å²) in [7, 11) is 0. The number of carbonyl (C=O) groups is 1. The largest absolute Gasteiger partial charge is 0.358 e. The first-order valence-corrected chi connectivity index (χ1v) is 9.61. The first-order chi connectivity index (χ1) is 12.4. The molecule has 1 aliphatic carbocycles. The molecule has 3 aromatic rings. The molecule has 134 valence electrons. The van der Waals surface area contributed by atoms with Crippen LogP contribution < -0.4 is 5.32 Å². The van der Waals surface area contributed by atoms with Crippen LogP contribution in [0, 0.1) is 6.92 Å². The minimum Gasteiger partial charge on any atom is -0.358 e. The average molecular weight is 408 g/mol. The van der Waals surface area contributed by atoms with Gasteiger partial charge in [-0.25, -0.2) is 0 Å². The van der Waals surface area contributed by atoms with E-state index in [9.17, 15) is 4.79 Å². The number of nitrogens with one attached hydrogen (secondary N) is 2. The molecule has 1 aliphatic rings. The Balaban J connectivity index is 1.60. The maximum absolute atomic E-state index is 12.7. The third kappa shape index (κ3) is 3.20. The van der Waals surface area contributed by atoms with Crippen molar-refractivity contribution in [2.75, 3.05) is 0 Å². The second-order valence-electron chi connectivity index (χ2n) is 6.79. The van der Waals surface area contributed by atoms with Crippen LogP contribution in [0.25, 0.3) is 10.9 Å². The van der Waals surface area contributed by atoms with Crippen molar-refractivity contribution in [3.05, 3.63) is 67.8 Å². The Bertz CT molecular complexity index is 1030. The van der Waals surface area contributed by atoms with Crippen molar-refractivity contribution >= 4 is 51.6 Å². The van der Waals surface area contributed by atoms with Gasteiger partial charge in [0, 0.05) is 27.7 Å². The molecule has 4 rings (SSSR count). The normalized spacial score (nSPS) is 16.5. The van der Waals surface area contributed by atoms with E-state index in [-0.39, 0.29) is 11.9 Å². The lowest BCUT2D eigenvalue weighted by Gasteiger charge is -2.24. The van der Waals surface area contributed by atoms with Crippen LogP contribution in [-0.2, 0) is 12.8 Å². The molecule has 3 nitrogen and oxygen atoms in total. The van der Waals surface area contributed by atoms with Crippen molar-refractivity contribution in [1.29, 1.82) is 0 Å². The Labute approximate surface area is 166 Å². The van der Waals surface area contributed by atoms with Crippen molar-refractivity contribution in [1.82, 2.24) is 10.3 Å². The highest BCUT2D eigenvalue weighted by atomic mass is 35.5. The van der Waals surface area contributed by atoms with E-state index in [1.54, 1.807) is 12.1 Å². The molecule has 0 saturated carbocycles. The zero-order valence-corrected chi connectivity index (χ0v) is 16.4. The number of carbonyl (C=O) groups excluding carboxylic acids is 1. The van der Waals surface area contributed by atoms with E-state index in [0.717, 1.165) is 41.3 Å². The maximum atomic E-state index is 12.7. The topological polar surface area (TPSA) is 44.9 Å². The molecule has 0 spiro atoms. The lowest BCUT2D eigenvalue weighted by atomic mass is 9.91. The van der Waals surface area contributed by atoms with E-state index >= 15 is 0 Å². The van der Waals surface area contributed by atoms with Gasteiger partial charge in [-0.15, -0.1) is 0 Å². The van der Waals surface area contributed by atoms with Crippen molar-refractivity contribution in [3.8, 4) is 0 Å². The number of H-pyrrole nitrogens is 1. The van der Waals surface area contributed by atoms with Crippen LogP contribution in [-0.4, -0.2) is 16.9 Å². The van der Waals surface area contributed by atoms with Crippen molar-refractivity contribution < 1.29 is 4.79 Å². The highest BCUT2D eigenvalue weighted by Gasteiger charge is 2.25. The van der Waals surface area contributed by atoms with Gasteiger partial charge in [0.15, 0.2) is 0 Å². The minimum absolute atomic E-state index is 0.0392. The number of rotatable bonds is 2. The van der Waals surface area contributed by atoms with E-state index in [1.807, 2.05) is 25.1 Å². The van der Waals surface area contributed by atoms with E-state index in [1.165, 1.54) is 5.69 Å². The van der Waals surface area contributed by atoms with Crippen LogP contribution >= 0.6 is 34.8 Å². The first kappa shape index (κ1) is 17.7. The zero-order chi connectivity index (χ0) is 18.4. The van der Waals surface area contributed by atoms with Crippen molar-refractivity contribution in [2.45, 2.75) is 32.2 Å². The number of fused-ring (bicyclic) bond motifs is 3. The van der Waals surface area contributed by atoms with Gasteiger partial charge in [0.2, 0.25) is 0 Å². The summed E-state index contributed by atoms with van der Waals surface area (Å²) in [5.74, 6) is -0.138. The molecule has 1 unspecified atom stereocenters. The van der Waals surface area contributed by atoms with Crippen molar-refractivity contribution in [3.63, 3.8) is 0 Å². The molecule has 1 aromatic heterocycles. The Kier molecular flexibility index (Phi) is 4.64. The number of amides is 1. The van der Waals surface area contributed by atoms with E-state index in [2.05, 4.69) is 10.3 Å². The second-order valence-corrected chi connectivity index (χ2v) is 8.04. The summed E-state index contributed by atoms with van der Waals surface area (Å²) in [5, 5.41) is 5.84. The van der Waals surface area contributed by atoms with Crippen LogP contribution in [0.1, 0.15) is 33.6 Å². The molecule has 0 radical (unpaired) electrons. The summed E-state index contributed by atoms with van der Waals surface area (Å²) in [6.45, 7) is 1.94. The molecule has 1 amide bonds. The molecule has 2 N–H and O–H groups in total. The third-order valence-electron chi connectivity index (χ3n) is 4.90. The smallest absolute Gasteiger partial charge is 0.253 e. The molecule has 0 fully saturated rings. The molecule has 0 aliphatic heterocycles. The van der Waals surface area contributed by atoms with Crippen LogP contribution in [0.3, 0.4) is 0 Å². The molecule has 0 bridgehead atoms. The van der Waals surface area contributed by atoms with Gasteiger partial charge in [0.1, 0.15) is 0 Å². The fraction of sp³-hybridized carbons (Fsp3) is 0.250. The van der Waals surface area contributed by atoms with Crippen LogP contribution in [0.2, 0.25) is 15.1 Å². The van der Waals surface area contributed by atoms with E-state index in [0.29, 0.717) is 20.6 Å². The summed E-state index contributed by atoms with van der Waals surface area (Å²) in [5.41, 5.74) is 4.80. The number of aromatic amines is 1. The number of hydrogen-bond donors (Lipinski definition) is 2. The summed E-state index contributed by atoms with van der Waals surface area (Å²) in [6.07, 6.45) is 2.44. The Morgan fingerprint density at radius 3 is 2.77 bits per heavy atom. The van der Waals surface area contributed by atoms with Gasteiger partial charge in [-0.1, -0.05) is 46.4 Å². The molecular formula is C20H17Cl3N2O. The lowest BCUT2D eigenvalue weighted by Crippen LogP contribution is -2.38. The summed E-state index contributed by atoms with van der Waals surface area (Å²) in [4.78, 5) is 16.1. The van der Waals surface area contributed by atoms with Crippen molar-refractivity contribution in [2.24, 2.45) is 0 Å². The van der Waals surface area contributed by atoms with Gasteiger partial charge in [0.25, 0.3) is 5.91 Å². The highest BCUT2D eigenvalue weighted by molar-refractivity contribution is 6.39. The first-order valence-electron chi connectivity index (χ1n) is 8.48. The van der Waals surface area contributed by atoms with Gasteiger partial charge >= 0.3 is 0 Å². The molecule has 0 saturated heterocycles. The molecule has 2 aromatic carbocycles. The van der Waals surface area contributed by atoms with Gasteiger partial charge in [-0.3, -0.25) is 4.79 Å².